The molecule has 0 atom stereocenters. The van der Waals surface area contributed by atoms with E-state index in [9.17, 15) is 16.8 Å². The molecule has 24 heavy (non-hydrogen) atoms. The molecule has 0 saturated carbocycles. The van der Waals surface area contributed by atoms with Crippen molar-refractivity contribution in [2.24, 2.45) is 0 Å². The summed E-state index contributed by atoms with van der Waals surface area (Å²) in [6.07, 6.45) is 0.773. The Bertz CT molecular complexity index is 931. The molecule has 128 valence electrons. The second kappa shape index (κ2) is 6.66. The van der Waals surface area contributed by atoms with E-state index in [4.69, 9.17) is 4.74 Å². The first kappa shape index (κ1) is 18.0. The van der Waals surface area contributed by atoms with E-state index in [1.807, 2.05) is 0 Å². The number of ether oxygens (including phenoxy) is 1. The Morgan fingerprint density at radius 3 is 1.67 bits per heavy atom. The van der Waals surface area contributed by atoms with E-state index in [-0.39, 0.29) is 13.5 Å². The number of nitrogens with zero attached hydrogens (tertiary/aromatic N) is 1. The lowest BCUT2D eigenvalue weighted by atomic mass is 10.2. The SMILES string of the molecule is C=CN(S(=O)(=O)c1ccc(C)cc1)S(=O)(=O)c1ccc(OC)cc1. The van der Waals surface area contributed by atoms with E-state index in [0.29, 0.717) is 5.75 Å². The zero-order valence-corrected chi connectivity index (χ0v) is 14.8. The molecule has 0 aromatic heterocycles. The summed E-state index contributed by atoms with van der Waals surface area (Å²) in [7, 11) is -7.17. The zero-order chi connectivity index (χ0) is 18.0. The zero-order valence-electron chi connectivity index (χ0n) is 13.2. The lowest BCUT2D eigenvalue weighted by molar-refractivity contribution is 0.414. The predicted octanol–water partition coefficient (Wildman–Crippen LogP) is 2.53. The van der Waals surface area contributed by atoms with Crippen LogP contribution in [0.5, 0.6) is 5.75 Å². The summed E-state index contributed by atoms with van der Waals surface area (Å²) in [5.74, 6) is 0.459. The molecule has 2 aromatic rings. The van der Waals surface area contributed by atoms with Gasteiger partial charge in [-0.05, 0) is 43.3 Å². The first-order valence-corrected chi connectivity index (χ1v) is 9.74. The van der Waals surface area contributed by atoms with Crippen LogP contribution in [-0.4, -0.2) is 27.7 Å². The van der Waals surface area contributed by atoms with Gasteiger partial charge in [0.25, 0.3) is 20.0 Å². The van der Waals surface area contributed by atoms with E-state index >= 15 is 0 Å². The molecule has 2 aromatic carbocycles. The van der Waals surface area contributed by atoms with E-state index in [0.717, 1.165) is 11.8 Å². The Labute approximate surface area is 142 Å². The summed E-state index contributed by atoms with van der Waals surface area (Å²) < 4.78 is 55.9. The molecule has 0 unspecified atom stereocenters. The van der Waals surface area contributed by atoms with Crippen LogP contribution in [0.2, 0.25) is 0 Å². The monoisotopic (exact) mass is 367 g/mol. The Morgan fingerprint density at radius 1 is 0.875 bits per heavy atom. The number of hydrogen-bond acceptors (Lipinski definition) is 5. The van der Waals surface area contributed by atoms with Crippen LogP contribution in [0.3, 0.4) is 0 Å². The maximum Gasteiger partial charge on any atom is 0.277 e. The van der Waals surface area contributed by atoms with Crippen LogP contribution >= 0.6 is 0 Å². The van der Waals surface area contributed by atoms with Gasteiger partial charge < -0.3 is 4.74 Å². The van der Waals surface area contributed by atoms with Gasteiger partial charge in [-0.2, -0.15) is 3.71 Å². The van der Waals surface area contributed by atoms with Crippen molar-refractivity contribution < 1.29 is 21.6 Å². The molecule has 0 radical (unpaired) electrons. The highest BCUT2D eigenvalue weighted by molar-refractivity contribution is 8.04. The fraction of sp³-hybridized carbons (Fsp3) is 0.125. The van der Waals surface area contributed by atoms with Crippen LogP contribution in [-0.2, 0) is 20.0 Å². The molecule has 2 rings (SSSR count). The standard InChI is InChI=1S/C16H17NO5S2/c1-4-17(23(18,19)15-9-5-13(2)6-10-15)24(20,21)16-11-7-14(22-3)8-12-16/h4-12H,1H2,2-3H3. The molecule has 0 amide bonds. The van der Waals surface area contributed by atoms with Gasteiger partial charge in [-0.1, -0.05) is 24.3 Å². The molecule has 0 fully saturated rings. The highest BCUT2D eigenvalue weighted by atomic mass is 32.3. The van der Waals surface area contributed by atoms with Crippen molar-refractivity contribution in [1.29, 1.82) is 0 Å². The van der Waals surface area contributed by atoms with Crippen molar-refractivity contribution in [2.45, 2.75) is 16.7 Å². The average Bonchev–Trinajstić information content (AvgIpc) is 2.55. The van der Waals surface area contributed by atoms with Gasteiger partial charge in [-0.25, -0.2) is 16.8 Å². The number of sulfonamides is 2. The minimum absolute atomic E-state index is 0.134. The second-order valence-corrected chi connectivity index (χ2v) is 8.77. The fourth-order valence-electron chi connectivity index (χ4n) is 1.99. The van der Waals surface area contributed by atoms with Crippen LogP contribution < -0.4 is 4.74 Å². The van der Waals surface area contributed by atoms with Gasteiger partial charge in [0.15, 0.2) is 0 Å². The minimum atomic E-state index is -4.32. The molecule has 0 aliphatic rings. The summed E-state index contributed by atoms with van der Waals surface area (Å²) >= 11 is 0. The Hall–Kier alpha value is -2.32. The van der Waals surface area contributed by atoms with Crippen LogP contribution in [0, 0.1) is 6.92 Å². The highest BCUT2D eigenvalue weighted by Gasteiger charge is 2.33. The van der Waals surface area contributed by atoms with Crippen molar-refractivity contribution >= 4 is 20.0 Å². The smallest absolute Gasteiger partial charge is 0.277 e. The number of benzene rings is 2. The normalized spacial score (nSPS) is 11.8. The Morgan fingerprint density at radius 2 is 1.29 bits per heavy atom. The van der Waals surface area contributed by atoms with Crippen LogP contribution in [0.25, 0.3) is 0 Å². The van der Waals surface area contributed by atoms with E-state index in [1.165, 1.54) is 43.5 Å². The molecule has 6 nitrogen and oxygen atoms in total. The van der Waals surface area contributed by atoms with Crippen molar-refractivity contribution in [3.05, 3.63) is 66.9 Å². The summed E-state index contributed by atoms with van der Waals surface area (Å²) in [6, 6.07) is 11.3. The van der Waals surface area contributed by atoms with Gasteiger partial charge in [0.05, 0.1) is 16.9 Å². The third kappa shape index (κ3) is 3.29. The number of rotatable bonds is 6. The average molecular weight is 367 g/mol. The second-order valence-electron chi connectivity index (χ2n) is 4.91. The van der Waals surface area contributed by atoms with Gasteiger partial charge in [0, 0.05) is 6.20 Å². The largest absolute Gasteiger partial charge is 0.497 e. The maximum atomic E-state index is 12.7. The molecular weight excluding hydrogens is 350 g/mol. The van der Waals surface area contributed by atoms with Gasteiger partial charge >= 0.3 is 0 Å². The van der Waals surface area contributed by atoms with E-state index < -0.39 is 20.0 Å². The molecule has 0 N–H and O–H groups in total. The lowest BCUT2D eigenvalue weighted by Gasteiger charge is -2.20. The first-order chi connectivity index (χ1) is 11.2. The topological polar surface area (TPSA) is 80.8 Å². The molecule has 0 aliphatic heterocycles. The molecule has 0 saturated heterocycles. The minimum Gasteiger partial charge on any atom is -0.497 e. The van der Waals surface area contributed by atoms with Crippen molar-refractivity contribution in [3.63, 3.8) is 0 Å². The number of aryl methyl sites for hydroxylation is 1. The molecule has 8 heteroatoms. The van der Waals surface area contributed by atoms with Crippen LogP contribution in [0.4, 0.5) is 0 Å². The summed E-state index contributed by atoms with van der Waals surface area (Å²) in [6.45, 7) is 5.14. The lowest BCUT2D eigenvalue weighted by Crippen LogP contribution is -2.32. The van der Waals surface area contributed by atoms with Crippen LogP contribution in [0.15, 0.2) is 71.1 Å². The van der Waals surface area contributed by atoms with Crippen LogP contribution in [0.1, 0.15) is 5.56 Å². The number of methoxy groups -OCH3 is 1. The Balaban J connectivity index is 2.52. The van der Waals surface area contributed by atoms with Crippen molar-refractivity contribution in [3.8, 4) is 5.75 Å². The fourth-order valence-corrected chi connectivity index (χ4v) is 5.31. The molecule has 0 aliphatic carbocycles. The summed E-state index contributed by atoms with van der Waals surface area (Å²) in [5, 5.41) is 0. The highest BCUT2D eigenvalue weighted by Crippen LogP contribution is 2.26. The summed E-state index contributed by atoms with van der Waals surface area (Å²) in [4.78, 5) is -0.316. The third-order valence-corrected chi connectivity index (χ3v) is 7.46. The maximum absolute atomic E-state index is 12.7. The van der Waals surface area contributed by atoms with Gasteiger partial charge in [0.2, 0.25) is 0 Å². The number of hydrogen-bond donors (Lipinski definition) is 0. The predicted molar refractivity (Wildman–Crippen MR) is 90.6 cm³/mol. The van der Waals surface area contributed by atoms with Gasteiger partial charge in [-0.15, -0.1) is 0 Å². The first-order valence-electron chi connectivity index (χ1n) is 6.86. The van der Waals surface area contributed by atoms with Crippen molar-refractivity contribution in [1.82, 2.24) is 3.71 Å². The molecular formula is C16H17NO5S2. The Kier molecular flexibility index (Phi) is 5.00. The van der Waals surface area contributed by atoms with Gasteiger partial charge in [0.1, 0.15) is 5.75 Å². The summed E-state index contributed by atoms with van der Waals surface area (Å²) in [5.41, 5.74) is 0.858. The molecule has 0 spiro atoms. The van der Waals surface area contributed by atoms with Gasteiger partial charge in [-0.3, -0.25) is 0 Å². The van der Waals surface area contributed by atoms with E-state index in [2.05, 4.69) is 6.58 Å². The quantitative estimate of drug-likeness (QED) is 0.784. The van der Waals surface area contributed by atoms with Crippen molar-refractivity contribution in [2.75, 3.05) is 7.11 Å². The van der Waals surface area contributed by atoms with E-state index in [1.54, 1.807) is 19.1 Å². The third-order valence-electron chi connectivity index (χ3n) is 3.30. The molecule has 0 heterocycles. The molecule has 0 bridgehead atoms.